The zero-order valence-electron chi connectivity index (χ0n) is 12.6. The van der Waals surface area contributed by atoms with Gasteiger partial charge in [-0.25, -0.2) is 9.37 Å². The molecule has 0 atom stereocenters. The van der Waals surface area contributed by atoms with Crippen molar-refractivity contribution in [2.75, 3.05) is 0 Å². The van der Waals surface area contributed by atoms with Crippen LogP contribution in [0, 0.1) is 5.82 Å². The Balaban J connectivity index is 2.11. The van der Waals surface area contributed by atoms with Gasteiger partial charge in [-0.2, -0.15) is 0 Å². The lowest BCUT2D eigenvalue weighted by Gasteiger charge is -2.17. The SMILES string of the molecule is CCCc1nc(COc2ccc(F)cc2)sc1C(C)(C)N. The lowest BCUT2D eigenvalue weighted by atomic mass is 10.0. The minimum absolute atomic E-state index is 0.269. The number of hydrogen-bond donors (Lipinski definition) is 1. The van der Waals surface area contributed by atoms with E-state index >= 15 is 0 Å². The van der Waals surface area contributed by atoms with Crippen molar-refractivity contribution in [3.8, 4) is 5.75 Å². The van der Waals surface area contributed by atoms with Gasteiger partial charge in [-0.15, -0.1) is 11.3 Å². The van der Waals surface area contributed by atoms with Gasteiger partial charge in [0, 0.05) is 10.4 Å². The van der Waals surface area contributed by atoms with E-state index in [2.05, 4.69) is 11.9 Å². The van der Waals surface area contributed by atoms with Gasteiger partial charge in [-0.05, 0) is 44.5 Å². The van der Waals surface area contributed by atoms with Crippen LogP contribution in [-0.2, 0) is 18.6 Å². The maximum atomic E-state index is 12.8. The number of rotatable bonds is 6. The summed E-state index contributed by atoms with van der Waals surface area (Å²) in [4.78, 5) is 5.75. The van der Waals surface area contributed by atoms with Gasteiger partial charge in [0.05, 0.1) is 5.69 Å². The third-order valence-electron chi connectivity index (χ3n) is 2.99. The summed E-state index contributed by atoms with van der Waals surface area (Å²) in [7, 11) is 0. The van der Waals surface area contributed by atoms with Gasteiger partial charge in [-0.3, -0.25) is 0 Å². The van der Waals surface area contributed by atoms with Crippen LogP contribution in [0.1, 0.15) is 42.8 Å². The van der Waals surface area contributed by atoms with Gasteiger partial charge in [-0.1, -0.05) is 13.3 Å². The number of nitrogens with zero attached hydrogens (tertiary/aromatic N) is 1. The van der Waals surface area contributed by atoms with Crippen molar-refractivity contribution < 1.29 is 9.13 Å². The molecule has 1 aromatic carbocycles. The normalized spacial score (nSPS) is 11.7. The summed E-state index contributed by atoms with van der Waals surface area (Å²) in [6, 6.07) is 6.00. The van der Waals surface area contributed by atoms with Gasteiger partial charge in [0.2, 0.25) is 0 Å². The fourth-order valence-corrected chi connectivity index (χ4v) is 3.09. The molecule has 0 aliphatic heterocycles. The Bertz CT molecular complexity index is 587. The molecule has 0 saturated heterocycles. The molecule has 0 bridgehead atoms. The molecule has 2 rings (SSSR count). The molecular formula is C16H21FN2OS. The van der Waals surface area contributed by atoms with E-state index in [9.17, 15) is 4.39 Å². The monoisotopic (exact) mass is 308 g/mol. The molecule has 0 saturated carbocycles. The molecule has 0 radical (unpaired) electrons. The van der Waals surface area contributed by atoms with Gasteiger partial charge >= 0.3 is 0 Å². The van der Waals surface area contributed by atoms with E-state index < -0.39 is 5.54 Å². The summed E-state index contributed by atoms with van der Waals surface area (Å²) in [5.74, 6) is 0.367. The first kappa shape index (κ1) is 15.9. The van der Waals surface area contributed by atoms with Crippen molar-refractivity contribution in [1.82, 2.24) is 4.98 Å². The zero-order valence-corrected chi connectivity index (χ0v) is 13.5. The summed E-state index contributed by atoms with van der Waals surface area (Å²) in [6.45, 7) is 6.49. The van der Waals surface area contributed by atoms with Crippen molar-refractivity contribution in [2.24, 2.45) is 5.73 Å². The third-order valence-corrected chi connectivity index (χ3v) is 4.40. The van der Waals surface area contributed by atoms with Crippen LogP contribution in [0.5, 0.6) is 5.75 Å². The van der Waals surface area contributed by atoms with Crippen LogP contribution < -0.4 is 10.5 Å². The average Bonchev–Trinajstić information content (AvgIpc) is 2.82. The average molecular weight is 308 g/mol. The summed E-state index contributed by atoms with van der Waals surface area (Å²) < 4.78 is 18.5. The Hall–Kier alpha value is -1.46. The number of hydrogen-bond acceptors (Lipinski definition) is 4. The Morgan fingerprint density at radius 1 is 1.29 bits per heavy atom. The number of ether oxygens (including phenoxy) is 1. The predicted molar refractivity (Wildman–Crippen MR) is 84.1 cm³/mol. The highest BCUT2D eigenvalue weighted by Crippen LogP contribution is 2.29. The summed E-state index contributed by atoms with van der Waals surface area (Å²) in [6.07, 6.45) is 1.95. The number of nitrogens with two attached hydrogens (primary N) is 1. The molecule has 114 valence electrons. The van der Waals surface area contributed by atoms with E-state index in [-0.39, 0.29) is 5.82 Å². The van der Waals surface area contributed by atoms with Gasteiger partial charge in [0.1, 0.15) is 23.2 Å². The van der Waals surface area contributed by atoms with Crippen molar-refractivity contribution >= 4 is 11.3 Å². The highest BCUT2D eigenvalue weighted by molar-refractivity contribution is 7.11. The van der Waals surface area contributed by atoms with Gasteiger partial charge in [0.15, 0.2) is 0 Å². The molecule has 2 aromatic rings. The minimum atomic E-state index is -0.393. The first-order valence-electron chi connectivity index (χ1n) is 7.06. The first-order chi connectivity index (χ1) is 9.90. The van der Waals surface area contributed by atoms with E-state index in [0.717, 1.165) is 28.4 Å². The van der Waals surface area contributed by atoms with Crippen LogP contribution in [0.2, 0.25) is 0 Å². The predicted octanol–water partition coefficient (Wildman–Crippen LogP) is 4.01. The van der Waals surface area contributed by atoms with Crippen molar-refractivity contribution in [3.05, 3.63) is 45.7 Å². The van der Waals surface area contributed by atoms with Crippen LogP contribution >= 0.6 is 11.3 Å². The molecule has 0 aliphatic rings. The third kappa shape index (κ3) is 4.25. The molecule has 5 heteroatoms. The summed E-state index contributed by atoms with van der Waals surface area (Å²) in [5.41, 5.74) is 6.88. The highest BCUT2D eigenvalue weighted by Gasteiger charge is 2.23. The molecule has 0 amide bonds. The topological polar surface area (TPSA) is 48.1 Å². The Morgan fingerprint density at radius 3 is 2.52 bits per heavy atom. The molecule has 0 unspecified atom stereocenters. The van der Waals surface area contributed by atoms with Crippen molar-refractivity contribution in [3.63, 3.8) is 0 Å². The second-order valence-electron chi connectivity index (χ2n) is 5.60. The number of benzene rings is 1. The fraction of sp³-hybridized carbons (Fsp3) is 0.438. The summed E-state index contributed by atoms with van der Waals surface area (Å²) >= 11 is 1.59. The van der Waals surface area contributed by atoms with Crippen LogP contribution in [0.25, 0.3) is 0 Å². The first-order valence-corrected chi connectivity index (χ1v) is 7.88. The highest BCUT2D eigenvalue weighted by atomic mass is 32.1. The molecule has 1 aromatic heterocycles. The fourth-order valence-electron chi connectivity index (χ4n) is 2.05. The lowest BCUT2D eigenvalue weighted by molar-refractivity contribution is 0.305. The second-order valence-corrected chi connectivity index (χ2v) is 6.68. The maximum Gasteiger partial charge on any atom is 0.140 e. The number of aromatic nitrogens is 1. The van der Waals surface area contributed by atoms with Crippen molar-refractivity contribution in [2.45, 2.75) is 45.8 Å². The molecule has 0 aliphatic carbocycles. The molecule has 3 nitrogen and oxygen atoms in total. The van der Waals surface area contributed by atoms with Gasteiger partial charge < -0.3 is 10.5 Å². The lowest BCUT2D eigenvalue weighted by Crippen LogP contribution is -2.28. The zero-order chi connectivity index (χ0) is 15.5. The van der Waals surface area contributed by atoms with Crippen LogP contribution in [0.3, 0.4) is 0 Å². The maximum absolute atomic E-state index is 12.8. The smallest absolute Gasteiger partial charge is 0.140 e. The molecule has 0 spiro atoms. The molecule has 21 heavy (non-hydrogen) atoms. The van der Waals surface area contributed by atoms with Gasteiger partial charge in [0.25, 0.3) is 0 Å². The largest absolute Gasteiger partial charge is 0.486 e. The van der Waals surface area contributed by atoms with E-state index in [1.165, 1.54) is 12.1 Å². The van der Waals surface area contributed by atoms with E-state index in [1.54, 1.807) is 23.5 Å². The number of halogens is 1. The van der Waals surface area contributed by atoms with E-state index in [1.807, 2.05) is 13.8 Å². The summed E-state index contributed by atoms with van der Waals surface area (Å²) in [5, 5.41) is 0.899. The van der Waals surface area contributed by atoms with Crippen LogP contribution in [0.4, 0.5) is 4.39 Å². The number of aryl methyl sites for hydroxylation is 1. The standard InChI is InChI=1S/C16H21FN2OS/c1-4-5-13-15(16(2,3)18)21-14(19-13)10-20-12-8-6-11(17)7-9-12/h6-9H,4-5,10,18H2,1-3H3. The van der Waals surface area contributed by atoms with E-state index in [0.29, 0.717) is 12.4 Å². The van der Waals surface area contributed by atoms with Crippen LogP contribution in [-0.4, -0.2) is 4.98 Å². The quantitative estimate of drug-likeness (QED) is 0.877. The van der Waals surface area contributed by atoms with Crippen LogP contribution in [0.15, 0.2) is 24.3 Å². The Morgan fingerprint density at radius 2 is 1.95 bits per heavy atom. The van der Waals surface area contributed by atoms with E-state index in [4.69, 9.17) is 10.5 Å². The molecule has 1 heterocycles. The molecule has 2 N–H and O–H groups in total. The number of thiazole rings is 1. The Kier molecular flexibility index (Phi) is 4.96. The minimum Gasteiger partial charge on any atom is -0.486 e. The van der Waals surface area contributed by atoms with Crippen molar-refractivity contribution in [1.29, 1.82) is 0 Å². The molecule has 0 fully saturated rings. The Labute approximate surface area is 129 Å². The molecular weight excluding hydrogens is 287 g/mol. The second kappa shape index (κ2) is 6.54.